The van der Waals surface area contributed by atoms with E-state index in [1.165, 1.54) is 5.56 Å². The van der Waals surface area contributed by atoms with E-state index >= 15 is 0 Å². The molecule has 0 spiro atoms. The van der Waals surface area contributed by atoms with E-state index in [4.69, 9.17) is 11.6 Å². The molecule has 0 heterocycles. The maximum absolute atomic E-state index is 11.0. The van der Waals surface area contributed by atoms with Crippen LogP contribution in [-0.4, -0.2) is 29.8 Å². The number of nitrogens with one attached hydrogen (secondary N) is 1. The molecule has 0 aliphatic heterocycles. The SMILES string of the molecule is CCN(CC)Cc1ccc(CNC(=O)CCl)cc1. The molecule has 4 heteroatoms. The molecule has 0 atom stereocenters. The van der Waals surface area contributed by atoms with Crippen LogP contribution in [0, 0.1) is 0 Å². The number of carbonyl (C=O) groups excluding carboxylic acids is 1. The van der Waals surface area contributed by atoms with Crippen LogP contribution in [0.1, 0.15) is 25.0 Å². The maximum atomic E-state index is 11.0. The summed E-state index contributed by atoms with van der Waals surface area (Å²) >= 11 is 5.42. The van der Waals surface area contributed by atoms with Gasteiger partial charge in [0.15, 0.2) is 0 Å². The van der Waals surface area contributed by atoms with Crippen LogP contribution in [0.5, 0.6) is 0 Å². The largest absolute Gasteiger partial charge is 0.351 e. The Kier molecular flexibility index (Phi) is 6.76. The monoisotopic (exact) mass is 268 g/mol. The second-order valence-electron chi connectivity index (χ2n) is 4.19. The third-order valence-corrected chi connectivity index (χ3v) is 3.18. The van der Waals surface area contributed by atoms with Crippen molar-refractivity contribution in [1.82, 2.24) is 10.2 Å². The summed E-state index contributed by atoms with van der Waals surface area (Å²) in [5.41, 5.74) is 2.39. The van der Waals surface area contributed by atoms with Crippen molar-refractivity contribution in [3.8, 4) is 0 Å². The highest BCUT2D eigenvalue weighted by Gasteiger charge is 2.02. The lowest BCUT2D eigenvalue weighted by Crippen LogP contribution is -2.24. The van der Waals surface area contributed by atoms with Gasteiger partial charge in [-0.15, -0.1) is 11.6 Å². The molecule has 0 aliphatic rings. The minimum atomic E-state index is -0.135. The van der Waals surface area contributed by atoms with Crippen LogP contribution in [0.15, 0.2) is 24.3 Å². The lowest BCUT2D eigenvalue weighted by molar-refractivity contribution is -0.118. The van der Waals surface area contributed by atoms with Crippen LogP contribution in [0.4, 0.5) is 0 Å². The Morgan fingerprint density at radius 2 is 1.72 bits per heavy atom. The first kappa shape index (κ1) is 15.0. The van der Waals surface area contributed by atoms with Crippen molar-refractivity contribution in [2.24, 2.45) is 0 Å². The van der Waals surface area contributed by atoms with Gasteiger partial charge in [-0.2, -0.15) is 0 Å². The number of carbonyl (C=O) groups is 1. The fourth-order valence-electron chi connectivity index (χ4n) is 1.72. The minimum absolute atomic E-state index is 0.0139. The van der Waals surface area contributed by atoms with Gasteiger partial charge in [-0.25, -0.2) is 0 Å². The summed E-state index contributed by atoms with van der Waals surface area (Å²) in [6.07, 6.45) is 0. The smallest absolute Gasteiger partial charge is 0.235 e. The maximum Gasteiger partial charge on any atom is 0.235 e. The molecule has 0 aliphatic carbocycles. The van der Waals surface area contributed by atoms with Crippen LogP contribution in [0.25, 0.3) is 0 Å². The quantitative estimate of drug-likeness (QED) is 0.770. The van der Waals surface area contributed by atoms with Gasteiger partial charge in [0, 0.05) is 13.1 Å². The number of benzene rings is 1. The summed E-state index contributed by atoms with van der Waals surface area (Å²) < 4.78 is 0. The van der Waals surface area contributed by atoms with Crippen molar-refractivity contribution in [2.75, 3.05) is 19.0 Å². The highest BCUT2D eigenvalue weighted by molar-refractivity contribution is 6.27. The molecule has 1 aromatic rings. The van der Waals surface area contributed by atoms with Crippen LogP contribution in [0.3, 0.4) is 0 Å². The number of rotatable bonds is 7. The molecule has 0 bridgehead atoms. The van der Waals surface area contributed by atoms with Gasteiger partial charge in [0.25, 0.3) is 0 Å². The second-order valence-corrected chi connectivity index (χ2v) is 4.46. The fourth-order valence-corrected chi connectivity index (χ4v) is 1.81. The first-order chi connectivity index (χ1) is 8.69. The average molecular weight is 269 g/mol. The molecular weight excluding hydrogens is 248 g/mol. The number of halogens is 1. The molecule has 1 amide bonds. The van der Waals surface area contributed by atoms with Gasteiger partial charge >= 0.3 is 0 Å². The Morgan fingerprint density at radius 3 is 2.22 bits per heavy atom. The van der Waals surface area contributed by atoms with Gasteiger partial charge in [0.05, 0.1) is 0 Å². The Bertz CT molecular complexity index is 361. The standard InChI is InChI=1S/C14H21ClN2O/c1-3-17(4-2)11-13-7-5-12(6-8-13)10-16-14(18)9-15/h5-8H,3-4,9-11H2,1-2H3,(H,16,18). The van der Waals surface area contributed by atoms with E-state index in [9.17, 15) is 4.79 Å². The number of nitrogens with zero attached hydrogens (tertiary/aromatic N) is 1. The third kappa shape index (κ3) is 5.07. The van der Waals surface area contributed by atoms with E-state index in [0.29, 0.717) is 6.54 Å². The fraction of sp³-hybridized carbons (Fsp3) is 0.500. The molecule has 0 saturated heterocycles. The molecule has 100 valence electrons. The molecule has 3 nitrogen and oxygen atoms in total. The lowest BCUT2D eigenvalue weighted by Gasteiger charge is -2.18. The topological polar surface area (TPSA) is 32.3 Å². The highest BCUT2D eigenvalue weighted by atomic mass is 35.5. The van der Waals surface area contributed by atoms with Crippen LogP contribution in [-0.2, 0) is 17.9 Å². The van der Waals surface area contributed by atoms with Crippen LogP contribution < -0.4 is 5.32 Å². The van der Waals surface area contributed by atoms with Crippen LogP contribution >= 0.6 is 11.6 Å². The zero-order chi connectivity index (χ0) is 13.4. The number of alkyl halides is 1. The van der Waals surface area contributed by atoms with Crippen LogP contribution in [0.2, 0.25) is 0 Å². The Labute approximate surface area is 114 Å². The summed E-state index contributed by atoms with van der Waals surface area (Å²) in [4.78, 5) is 13.4. The predicted molar refractivity (Wildman–Crippen MR) is 75.6 cm³/mol. The molecule has 1 rings (SSSR count). The third-order valence-electron chi connectivity index (χ3n) is 2.93. The lowest BCUT2D eigenvalue weighted by atomic mass is 10.1. The van der Waals surface area contributed by atoms with E-state index in [1.807, 2.05) is 12.1 Å². The summed E-state index contributed by atoms with van der Waals surface area (Å²) in [5, 5.41) is 2.75. The molecule has 18 heavy (non-hydrogen) atoms. The van der Waals surface area contributed by atoms with Crippen molar-refractivity contribution in [3.63, 3.8) is 0 Å². The zero-order valence-corrected chi connectivity index (χ0v) is 11.8. The summed E-state index contributed by atoms with van der Waals surface area (Å²) in [5.74, 6) is -0.121. The van der Waals surface area contributed by atoms with Crippen molar-refractivity contribution in [1.29, 1.82) is 0 Å². The first-order valence-corrected chi connectivity index (χ1v) is 6.85. The molecule has 0 unspecified atom stereocenters. The molecule has 1 N–H and O–H groups in total. The number of hydrogen-bond acceptors (Lipinski definition) is 2. The van der Waals surface area contributed by atoms with E-state index < -0.39 is 0 Å². The van der Waals surface area contributed by atoms with Gasteiger partial charge < -0.3 is 5.32 Å². The Morgan fingerprint density at radius 1 is 1.17 bits per heavy atom. The molecular formula is C14H21ClN2O. The first-order valence-electron chi connectivity index (χ1n) is 6.32. The van der Waals surface area contributed by atoms with Gasteiger partial charge in [-0.05, 0) is 24.2 Å². The molecule has 0 saturated carbocycles. The Hall–Kier alpha value is -1.06. The van der Waals surface area contributed by atoms with E-state index in [-0.39, 0.29) is 11.8 Å². The van der Waals surface area contributed by atoms with E-state index in [2.05, 4.69) is 36.2 Å². The van der Waals surface area contributed by atoms with E-state index in [0.717, 1.165) is 25.2 Å². The van der Waals surface area contributed by atoms with Gasteiger partial charge in [0.2, 0.25) is 5.91 Å². The van der Waals surface area contributed by atoms with E-state index in [1.54, 1.807) is 0 Å². The zero-order valence-electron chi connectivity index (χ0n) is 11.1. The number of hydrogen-bond donors (Lipinski definition) is 1. The normalized spacial score (nSPS) is 10.7. The average Bonchev–Trinajstić information content (AvgIpc) is 2.43. The van der Waals surface area contributed by atoms with Gasteiger partial charge in [0.1, 0.15) is 5.88 Å². The Balaban J connectivity index is 2.49. The molecule has 0 aromatic heterocycles. The number of amides is 1. The predicted octanol–water partition coefficient (Wildman–Crippen LogP) is 2.38. The summed E-state index contributed by atoms with van der Waals surface area (Å²) in [6.45, 7) is 7.96. The van der Waals surface area contributed by atoms with Gasteiger partial charge in [-0.3, -0.25) is 9.69 Å². The van der Waals surface area contributed by atoms with Crippen molar-refractivity contribution in [2.45, 2.75) is 26.9 Å². The highest BCUT2D eigenvalue weighted by Crippen LogP contribution is 2.07. The summed E-state index contributed by atoms with van der Waals surface area (Å²) in [7, 11) is 0. The molecule has 0 radical (unpaired) electrons. The molecule has 1 aromatic carbocycles. The molecule has 0 fully saturated rings. The summed E-state index contributed by atoms with van der Waals surface area (Å²) in [6, 6.07) is 8.32. The second kappa shape index (κ2) is 8.11. The van der Waals surface area contributed by atoms with Crippen molar-refractivity contribution >= 4 is 17.5 Å². The van der Waals surface area contributed by atoms with Gasteiger partial charge in [-0.1, -0.05) is 38.1 Å². The minimum Gasteiger partial charge on any atom is -0.351 e. The van der Waals surface area contributed by atoms with Crippen molar-refractivity contribution in [3.05, 3.63) is 35.4 Å². The van der Waals surface area contributed by atoms with Crippen molar-refractivity contribution < 1.29 is 4.79 Å².